The lowest BCUT2D eigenvalue weighted by Gasteiger charge is -2.14. The molecule has 0 aliphatic heterocycles. The van der Waals surface area contributed by atoms with Crippen molar-refractivity contribution in [2.45, 2.75) is 26.3 Å². The normalized spacial score (nSPS) is 10.5. The maximum absolute atomic E-state index is 12.7. The largest absolute Gasteiger partial charge is 0.497 e. The quantitative estimate of drug-likeness (QED) is 0.561. The Morgan fingerprint density at radius 3 is 2.68 bits per heavy atom. The molecule has 0 spiro atoms. The zero-order chi connectivity index (χ0) is 19.8. The number of methoxy groups -OCH3 is 1. The van der Waals surface area contributed by atoms with Crippen molar-refractivity contribution in [1.29, 1.82) is 0 Å². The number of anilines is 1. The fraction of sp³-hybridized carbons (Fsp3) is 0.273. The second-order valence-corrected chi connectivity index (χ2v) is 6.42. The summed E-state index contributed by atoms with van der Waals surface area (Å²) in [6.07, 6.45) is 5.65. The van der Waals surface area contributed by atoms with Crippen molar-refractivity contribution in [3.8, 4) is 11.5 Å². The number of rotatable bonds is 9. The van der Waals surface area contributed by atoms with E-state index in [9.17, 15) is 4.79 Å². The third-order valence-corrected chi connectivity index (χ3v) is 4.31. The van der Waals surface area contributed by atoms with Gasteiger partial charge in [0.05, 0.1) is 25.9 Å². The lowest BCUT2D eigenvalue weighted by molar-refractivity contribution is 0.102. The van der Waals surface area contributed by atoms with Crippen molar-refractivity contribution in [3.63, 3.8) is 0 Å². The Morgan fingerprint density at radius 2 is 2.00 bits per heavy atom. The number of carbonyl (C=O) groups excluding carboxylic acids is 1. The molecule has 1 amide bonds. The van der Waals surface area contributed by atoms with E-state index in [1.807, 2.05) is 53.3 Å². The minimum absolute atomic E-state index is 0.195. The molecule has 1 aromatic heterocycles. The van der Waals surface area contributed by atoms with E-state index in [2.05, 4.69) is 17.3 Å². The van der Waals surface area contributed by atoms with Gasteiger partial charge in [-0.05, 0) is 42.3 Å². The van der Waals surface area contributed by atoms with Crippen LogP contribution in [-0.4, -0.2) is 29.4 Å². The molecule has 0 saturated carbocycles. The summed E-state index contributed by atoms with van der Waals surface area (Å²) >= 11 is 0. The van der Waals surface area contributed by atoms with Gasteiger partial charge in [-0.1, -0.05) is 25.5 Å². The molecule has 1 heterocycles. The van der Waals surface area contributed by atoms with E-state index in [4.69, 9.17) is 9.47 Å². The van der Waals surface area contributed by atoms with E-state index in [-0.39, 0.29) is 5.91 Å². The molecule has 6 heteroatoms. The van der Waals surface area contributed by atoms with Gasteiger partial charge in [-0.3, -0.25) is 9.48 Å². The Bertz CT molecular complexity index is 890. The third-order valence-electron chi connectivity index (χ3n) is 4.31. The number of amides is 1. The van der Waals surface area contributed by atoms with Crippen LogP contribution in [0.1, 0.15) is 35.7 Å². The van der Waals surface area contributed by atoms with Crippen LogP contribution in [0, 0.1) is 0 Å². The molecule has 146 valence electrons. The van der Waals surface area contributed by atoms with E-state index in [0.717, 1.165) is 18.4 Å². The molecule has 6 nitrogen and oxygen atoms in total. The van der Waals surface area contributed by atoms with Gasteiger partial charge in [-0.25, -0.2) is 0 Å². The van der Waals surface area contributed by atoms with E-state index in [0.29, 0.717) is 35.9 Å². The Morgan fingerprint density at radius 1 is 1.18 bits per heavy atom. The molecule has 0 atom stereocenters. The minimum atomic E-state index is -0.195. The van der Waals surface area contributed by atoms with Crippen molar-refractivity contribution >= 4 is 11.6 Å². The molecule has 0 radical (unpaired) electrons. The molecule has 0 aliphatic rings. The van der Waals surface area contributed by atoms with Crippen molar-refractivity contribution in [2.24, 2.45) is 0 Å². The summed E-state index contributed by atoms with van der Waals surface area (Å²) in [4.78, 5) is 12.7. The van der Waals surface area contributed by atoms with Gasteiger partial charge >= 0.3 is 0 Å². The van der Waals surface area contributed by atoms with Gasteiger partial charge in [0.2, 0.25) is 0 Å². The lowest BCUT2D eigenvalue weighted by Crippen LogP contribution is -2.13. The van der Waals surface area contributed by atoms with Crippen LogP contribution >= 0.6 is 0 Å². The number of hydrogen-bond acceptors (Lipinski definition) is 4. The smallest absolute Gasteiger partial charge is 0.255 e. The predicted molar refractivity (Wildman–Crippen MR) is 109 cm³/mol. The number of carbonyl (C=O) groups is 1. The van der Waals surface area contributed by atoms with Gasteiger partial charge in [-0.2, -0.15) is 5.10 Å². The van der Waals surface area contributed by atoms with Crippen molar-refractivity contribution in [1.82, 2.24) is 9.78 Å². The fourth-order valence-corrected chi connectivity index (χ4v) is 2.72. The molecule has 1 N–H and O–H groups in total. The molecular weight excluding hydrogens is 354 g/mol. The molecule has 3 aromatic rings. The van der Waals surface area contributed by atoms with Crippen LogP contribution in [-0.2, 0) is 6.54 Å². The summed E-state index contributed by atoms with van der Waals surface area (Å²) in [6, 6.07) is 14.8. The highest BCUT2D eigenvalue weighted by atomic mass is 16.5. The summed E-state index contributed by atoms with van der Waals surface area (Å²) in [5.74, 6) is 1.10. The summed E-state index contributed by atoms with van der Waals surface area (Å²) in [7, 11) is 1.59. The number of aromatic nitrogens is 2. The van der Waals surface area contributed by atoms with Crippen LogP contribution in [0.25, 0.3) is 0 Å². The van der Waals surface area contributed by atoms with Crippen LogP contribution in [0.4, 0.5) is 5.69 Å². The van der Waals surface area contributed by atoms with Crippen molar-refractivity contribution < 1.29 is 14.3 Å². The maximum atomic E-state index is 12.7. The molecule has 28 heavy (non-hydrogen) atoms. The van der Waals surface area contributed by atoms with Gasteiger partial charge < -0.3 is 14.8 Å². The molecule has 3 rings (SSSR count). The van der Waals surface area contributed by atoms with Crippen molar-refractivity contribution in [3.05, 3.63) is 72.1 Å². The molecule has 0 fully saturated rings. The second kappa shape index (κ2) is 9.60. The Labute approximate surface area is 165 Å². The number of ether oxygens (including phenoxy) is 2. The SMILES string of the molecule is CCCCOc1ccc(OC)cc1NC(=O)c1ccc(Cn2cccn2)cc1. The third kappa shape index (κ3) is 5.13. The highest BCUT2D eigenvalue weighted by Crippen LogP contribution is 2.30. The van der Waals surface area contributed by atoms with E-state index >= 15 is 0 Å². The van der Waals surface area contributed by atoms with E-state index < -0.39 is 0 Å². The van der Waals surface area contributed by atoms with Crippen LogP contribution in [0.3, 0.4) is 0 Å². The Kier molecular flexibility index (Phi) is 6.68. The first kappa shape index (κ1) is 19.5. The van der Waals surface area contributed by atoms with Crippen LogP contribution in [0.2, 0.25) is 0 Å². The molecule has 0 aliphatic carbocycles. The first-order valence-corrected chi connectivity index (χ1v) is 9.38. The number of hydrogen-bond donors (Lipinski definition) is 1. The highest BCUT2D eigenvalue weighted by molar-refractivity contribution is 6.05. The summed E-state index contributed by atoms with van der Waals surface area (Å²) < 4.78 is 12.9. The van der Waals surface area contributed by atoms with Gasteiger partial charge in [0.1, 0.15) is 11.5 Å². The second-order valence-electron chi connectivity index (χ2n) is 6.42. The lowest BCUT2D eigenvalue weighted by atomic mass is 10.1. The monoisotopic (exact) mass is 379 g/mol. The van der Waals surface area contributed by atoms with Crippen LogP contribution in [0.15, 0.2) is 60.9 Å². The van der Waals surface area contributed by atoms with Crippen LogP contribution in [0.5, 0.6) is 11.5 Å². The Hall–Kier alpha value is -3.28. The molecule has 0 unspecified atom stereocenters. The van der Waals surface area contributed by atoms with E-state index in [1.165, 1.54) is 0 Å². The number of unbranched alkanes of at least 4 members (excludes halogenated alkanes) is 1. The standard InChI is InChI=1S/C22H25N3O3/c1-3-4-14-28-21-11-10-19(27-2)15-20(21)24-22(26)18-8-6-17(7-9-18)16-25-13-5-12-23-25/h5-13,15H,3-4,14,16H2,1-2H3,(H,24,26). The van der Waals surface area contributed by atoms with Gasteiger partial charge in [0.25, 0.3) is 5.91 Å². The zero-order valence-corrected chi connectivity index (χ0v) is 16.2. The summed E-state index contributed by atoms with van der Waals surface area (Å²) in [5, 5.41) is 7.13. The predicted octanol–water partition coefficient (Wildman–Crippen LogP) is 4.37. The number of nitrogens with one attached hydrogen (secondary N) is 1. The molecule has 0 bridgehead atoms. The van der Waals surface area contributed by atoms with Gasteiger partial charge in [0, 0.05) is 24.0 Å². The average molecular weight is 379 g/mol. The Balaban J connectivity index is 1.70. The first-order valence-electron chi connectivity index (χ1n) is 9.38. The minimum Gasteiger partial charge on any atom is -0.497 e. The van der Waals surface area contributed by atoms with Crippen LogP contribution < -0.4 is 14.8 Å². The summed E-state index contributed by atoms with van der Waals surface area (Å²) in [5.41, 5.74) is 2.25. The van der Waals surface area contributed by atoms with Gasteiger partial charge in [-0.15, -0.1) is 0 Å². The molecule has 0 saturated heterocycles. The zero-order valence-electron chi connectivity index (χ0n) is 16.2. The number of benzene rings is 2. The summed E-state index contributed by atoms with van der Waals surface area (Å²) in [6.45, 7) is 3.38. The molecular formula is C22H25N3O3. The van der Waals surface area contributed by atoms with Crippen molar-refractivity contribution in [2.75, 3.05) is 19.0 Å². The van der Waals surface area contributed by atoms with E-state index in [1.54, 1.807) is 19.4 Å². The number of nitrogens with zero attached hydrogens (tertiary/aromatic N) is 2. The van der Waals surface area contributed by atoms with Gasteiger partial charge in [0.15, 0.2) is 0 Å². The first-order chi connectivity index (χ1) is 13.7. The average Bonchev–Trinajstić information content (AvgIpc) is 3.22. The highest BCUT2D eigenvalue weighted by Gasteiger charge is 2.12. The maximum Gasteiger partial charge on any atom is 0.255 e. The topological polar surface area (TPSA) is 65.4 Å². The fourth-order valence-electron chi connectivity index (χ4n) is 2.72. The molecule has 2 aromatic carbocycles.